The standard InChI is InChI=1S/C26H25N5O3/c1-33-24-11-10-18(15-25(24)34-2)19-12-20(14-21(13-19)31-16-27-29-30-31)26(32)28-23-9-5-7-17-6-3-4-8-22(17)23/h3-4,6,8,10-16,23H,5,7,9H2,1-2H3,(H,28,32)/t23-/m0/s1. The van der Waals surface area contributed by atoms with Gasteiger partial charge in [-0.3, -0.25) is 4.79 Å². The van der Waals surface area contributed by atoms with Crippen LogP contribution in [0.5, 0.6) is 11.5 Å². The lowest BCUT2D eigenvalue weighted by molar-refractivity contribution is 0.0932. The molecular formula is C26H25N5O3. The number of aromatic nitrogens is 4. The minimum atomic E-state index is -0.140. The average Bonchev–Trinajstić information content (AvgIpc) is 3.43. The maximum atomic E-state index is 13.4. The lowest BCUT2D eigenvalue weighted by Gasteiger charge is -2.26. The molecule has 1 amide bonds. The van der Waals surface area contributed by atoms with Crippen LogP contribution in [0.4, 0.5) is 0 Å². The van der Waals surface area contributed by atoms with Crippen molar-refractivity contribution in [2.45, 2.75) is 25.3 Å². The first-order chi connectivity index (χ1) is 16.7. The smallest absolute Gasteiger partial charge is 0.251 e. The van der Waals surface area contributed by atoms with E-state index < -0.39 is 0 Å². The van der Waals surface area contributed by atoms with Gasteiger partial charge in [0.1, 0.15) is 6.33 Å². The van der Waals surface area contributed by atoms with Gasteiger partial charge in [-0.2, -0.15) is 0 Å². The highest BCUT2D eigenvalue weighted by molar-refractivity contribution is 5.96. The van der Waals surface area contributed by atoms with Crippen molar-refractivity contribution < 1.29 is 14.3 Å². The van der Waals surface area contributed by atoms with Crippen molar-refractivity contribution in [1.82, 2.24) is 25.5 Å². The number of benzene rings is 3. The Bertz CT molecular complexity index is 1320. The summed E-state index contributed by atoms with van der Waals surface area (Å²) in [5, 5.41) is 14.7. The molecule has 8 nitrogen and oxygen atoms in total. The number of ether oxygens (including phenoxy) is 2. The molecule has 34 heavy (non-hydrogen) atoms. The van der Waals surface area contributed by atoms with E-state index in [1.54, 1.807) is 20.3 Å². The van der Waals surface area contributed by atoms with E-state index in [-0.39, 0.29) is 11.9 Å². The van der Waals surface area contributed by atoms with Crippen LogP contribution in [0.1, 0.15) is 40.4 Å². The molecule has 3 aromatic carbocycles. The number of fused-ring (bicyclic) bond motifs is 1. The Hall–Kier alpha value is -4.20. The van der Waals surface area contributed by atoms with Crippen LogP contribution in [-0.4, -0.2) is 40.3 Å². The third-order valence-corrected chi connectivity index (χ3v) is 6.19. The molecule has 4 aromatic rings. The number of nitrogens with one attached hydrogen (secondary N) is 1. The summed E-state index contributed by atoms with van der Waals surface area (Å²) in [6.45, 7) is 0. The van der Waals surface area contributed by atoms with E-state index in [0.29, 0.717) is 22.7 Å². The Morgan fingerprint density at radius 1 is 1.00 bits per heavy atom. The van der Waals surface area contributed by atoms with Crippen molar-refractivity contribution in [3.63, 3.8) is 0 Å². The molecule has 5 rings (SSSR count). The zero-order chi connectivity index (χ0) is 23.5. The van der Waals surface area contributed by atoms with Crippen LogP contribution in [0.2, 0.25) is 0 Å². The monoisotopic (exact) mass is 455 g/mol. The Kier molecular flexibility index (Phi) is 5.95. The molecule has 0 unspecified atom stereocenters. The first kappa shape index (κ1) is 21.6. The van der Waals surface area contributed by atoms with Gasteiger partial charge in [0.2, 0.25) is 0 Å². The van der Waals surface area contributed by atoms with Crippen LogP contribution in [0, 0.1) is 0 Å². The molecule has 172 valence electrons. The number of nitrogens with zero attached hydrogens (tertiary/aromatic N) is 4. The summed E-state index contributed by atoms with van der Waals surface area (Å²) in [4.78, 5) is 13.4. The minimum Gasteiger partial charge on any atom is -0.493 e. The largest absolute Gasteiger partial charge is 0.493 e. The van der Waals surface area contributed by atoms with Crippen molar-refractivity contribution in [2.24, 2.45) is 0 Å². The van der Waals surface area contributed by atoms with E-state index in [0.717, 1.165) is 30.4 Å². The molecule has 0 aliphatic heterocycles. The summed E-state index contributed by atoms with van der Waals surface area (Å²) in [7, 11) is 3.20. The number of amides is 1. The highest BCUT2D eigenvalue weighted by Gasteiger charge is 2.22. The van der Waals surface area contributed by atoms with Gasteiger partial charge in [-0.25, -0.2) is 4.68 Å². The molecule has 1 aromatic heterocycles. The molecule has 8 heteroatoms. The van der Waals surface area contributed by atoms with Crippen molar-refractivity contribution in [3.8, 4) is 28.3 Å². The summed E-state index contributed by atoms with van der Waals surface area (Å²) >= 11 is 0. The third kappa shape index (κ3) is 4.22. The van der Waals surface area contributed by atoms with Gasteiger partial charge in [0.25, 0.3) is 5.91 Å². The van der Waals surface area contributed by atoms with Gasteiger partial charge in [0.05, 0.1) is 25.9 Å². The van der Waals surface area contributed by atoms with Gasteiger partial charge in [0, 0.05) is 5.56 Å². The Balaban J connectivity index is 1.53. The van der Waals surface area contributed by atoms with Crippen molar-refractivity contribution in [1.29, 1.82) is 0 Å². The van der Waals surface area contributed by atoms with Crippen LogP contribution < -0.4 is 14.8 Å². The summed E-state index contributed by atoms with van der Waals surface area (Å²) in [5.41, 5.74) is 5.42. The van der Waals surface area contributed by atoms with E-state index in [2.05, 4.69) is 33.0 Å². The molecule has 0 saturated heterocycles. The third-order valence-electron chi connectivity index (χ3n) is 6.19. The quantitative estimate of drug-likeness (QED) is 0.470. The fourth-order valence-corrected chi connectivity index (χ4v) is 4.48. The molecule has 1 atom stereocenters. The maximum Gasteiger partial charge on any atom is 0.251 e. The number of rotatable bonds is 6. The van der Waals surface area contributed by atoms with Gasteiger partial charge < -0.3 is 14.8 Å². The number of carbonyl (C=O) groups excluding carboxylic acids is 1. The molecule has 0 saturated carbocycles. The van der Waals surface area contributed by atoms with Crippen LogP contribution in [0.25, 0.3) is 16.8 Å². The molecule has 1 heterocycles. The maximum absolute atomic E-state index is 13.4. The second-order valence-corrected chi connectivity index (χ2v) is 8.21. The van der Waals surface area contributed by atoms with Crippen LogP contribution >= 0.6 is 0 Å². The molecule has 0 fully saturated rings. The van der Waals surface area contributed by atoms with Crippen molar-refractivity contribution >= 4 is 5.91 Å². The predicted octanol–water partition coefficient (Wildman–Crippen LogP) is 4.15. The minimum absolute atomic E-state index is 0.0151. The lowest BCUT2D eigenvalue weighted by Crippen LogP contribution is -2.31. The number of hydrogen-bond donors (Lipinski definition) is 1. The van der Waals surface area contributed by atoms with Crippen molar-refractivity contribution in [2.75, 3.05) is 14.2 Å². The highest BCUT2D eigenvalue weighted by Crippen LogP contribution is 2.34. The SMILES string of the molecule is COc1ccc(-c2cc(C(=O)N[C@H]3CCCc4ccccc43)cc(-n3cnnn3)c2)cc1OC. The number of tetrazole rings is 1. The first-order valence-corrected chi connectivity index (χ1v) is 11.2. The van der Waals surface area contributed by atoms with Crippen LogP contribution in [0.3, 0.4) is 0 Å². The van der Waals surface area contributed by atoms with E-state index in [9.17, 15) is 4.79 Å². The molecule has 1 N–H and O–H groups in total. The van der Waals surface area contributed by atoms with Gasteiger partial charge in [0.15, 0.2) is 11.5 Å². The number of aryl methyl sites for hydroxylation is 1. The van der Waals surface area contributed by atoms with Crippen molar-refractivity contribution in [3.05, 3.63) is 83.7 Å². The van der Waals surface area contributed by atoms with Gasteiger partial charge in [-0.05, 0) is 82.3 Å². The summed E-state index contributed by atoms with van der Waals surface area (Å²) in [5.74, 6) is 1.10. The zero-order valence-corrected chi connectivity index (χ0v) is 19.1. The van der Waals surface area contributed by atoms with Gasteiger partial charge in [-0.1, -0.05) is 30.3 Å². The first-order valence-electron chi connectivity index (χ1n) is 11.2. The molecule has 0 bridgehead atoms. The van der Waals surface area contributed by atoms with Gasteiger partial charge >= 0.3 is 0 Å². The molecule has 1 aliphatic rings. The topological polar surface area (TPSA) is 91.2 Å². The second-order valence-electron chi connectivity index (χ2n) is 8.21. The lowest BCUT2D eigenvalue weighted by atomic mass is 9.87. The molecule has 1 aliphatic carbocycles. The normalized spacial score (nSPS) is 14.8. The van der Waals surface area contributed by atoms with E-state index in [1.807, 2.05) is 42.5 Å². The van der Waals surface area contributed by atoms with E-state index >= 15 is 0 Å². The van der Waals surface area contributed by atoms with Crippen LogP contribution in [-0.2, 0) is 6.42 Å². The summed E-state index contributed by atoms with van der Waals surface area (Å²) in [6, 6.07) is 19.6. The zero-order valence-electron chi connectivity index (χ0n) is 19.1. The van der Waals surface area contributed by atoms with E-state index in [1.165, 1.54) is 22.1 Å². The Morgan fingerprint density at radius 2 is 1.85 bits per heavy atom. The summed E-state index contributed by atoms with van der Waals surface area (Å²) in [6.07, 6.45) is 4.51. The molecular weight excluding hydrogens is 430 g/mol. The fraction of sp³-hybridized carbons (Fsp3) is 0.231. The Morgan fingerprint density at radius 3 is 2.65 bits per heavy atom. The highest BCUT2D eigenvalue weighted by atomic mass is 16.5. The van der Waals surface area contributed by atoms with Crippen LogP contribution in [0.15, 0.2) is 67.0 Å². The number of hydrogen-bond acceptors (Lipinski definition) is 6. The Labute approximate surface area is 197 Å². The van der Waals surface area contributed by atoms with Gasteiger partial charge in [-0.15, -0.1) is 5.10 Å². The number of methoxy groups -OCH3 is 2. The van der Waals surface area contributed by atoms with E-state index in [4.69, 9.17) is 9.47 Å². The molecule has 0 spiro atoms. The molecule has 0 radical (unpaired) electrons. The fourth-order valence-electron chi connectivity index (χ4n) is 4.48. The average molecular weight is 456 g/mol. The predicted molar refractivity (Wildman–Crippen MR) is 127 cm³/mol. The summed E-state index contributed by atoms with van der Waals surface area (Å²) < 4.78 is 12.4. The number of carbonyl (C=O) groups is 1. The second kappa shape index (κ2) is 9.35.